The largest absolute Gasteiger partial charge is 0.417 e. The standard InChI is InChI=1S/C13H14F3NO/c14-13(15,16)12-8-11(5-4-10(12)9-18)17-6-2-1-3-7-17/h4-5,8-9H,1-3,6-7H2. The second kappa shape index (κ2) is 5.00. The molecule has 1 aliphatic rings. The number of anilines is 1. The maximum atomic E-state index is 12.8. The molecule has 0 spiro atoms. The van der Waals surface area contributed by atoms with Crippen molar-refractivity contribution in [3.63, 3.8) is 0 Å². The van der Waals surface area contributed by atoms with Crippen molar-refractivity contribution in [3.8, 4) is 0 Å². The fourth-order valence-corrected chi connectivity index (χ4v) is 2.24. The molecule has 18 heavy (non-hydrogen) atoms. The van der Waals surface area contributed by atoms with Crippen molar-refractivity contribution in [1.29, 1.82) is 0 Å². The van der Waals surface area contributed by atoms with Crippen LogP contribution in [0, 0.1) is 0 Å². The molecule has 0 aliphatic carbocycles. The van der Waals surface area contributed by atoms with Gasteiger partial charge in [-0.1, -0.05) is 0 Å². The van der Waals surface area contributed by atoms with E-state index in [0.717, 1.165) is 38.4 Å². The Bertz CT molecular complexity index is 436. The van der Waals surface area contributed by atoms with Crippen molar-refractivity contribution in [2.75, 3.05) is 18.0 Å². The first-order valence-corrected chi connectivity index (χ1v) is 5.94. The van der Waals surface area contributed by atoms with Crippen LogP contribution < -0.4 is 4.90 Å². The zero-order valence-electron chi connectivity index (χ0n) is 9.83. The highest BCUT2D eigenvalue weighted by atomic mass is 19.4. The van der Waals surface area contributed by atoms with E-state index in [4.69, 9.17) is 0 Å². The van der Waals surface area contributed by atoms with Gasteiger partial charge in [-0.15, -0.1) is 0 Å². The van der Waals surface area contributed by atoms with E-state index in [2.05, 4.69) is 0 Å². The second-order valence-electron chi connectivity index (χ2n) is 4.43. The average molecular weight is 257 g/mol. The molecule has 0 unspecified atom stereocenters. The van der Waals surface area contributed by atoms with Crippen LogP contribution in [0.25, 0.3) is 0 Å². The van der Waals surface area contributed by atoms with Crippen LogP contribution >= 0.6 is 0 Å². The highest BCUT2D eigenvalue weighted by molar-refractivity contribution is 5.79. The fraction of sp³-hybridized carbons (Fsp3) is 0.462. The van der Waals surface area contributed by atoms with E-state index >= 15 is 0 Å². The summed E-state index contributed by atoms with van der Waals surface area (Å²) >= 11 is 0. The number of piperidine rings is 1. The number of hydrogen-bond acceptors (Lipinski definition) is 2. The molecule has 98 valence electrons. The van der Waals surface area contributed by atoms with Gasteiger partial charge < -0.3 is 4.90 Å². The average Bonchev–Trinajstić information content (AvgIpc) is 2.38. The number of aldehydes is 1. The van der Waals surface area contributed by atoms with Crippen molar-refractivity contribution in [2.45, 2.75) is 25.4 Å². The second-order valence-corrected chi connectivity index (χ2v) is 4.43. The molecule has 0 saturated carbocycles. The molecule has 0 bridgehead atoms. The Morgan fingerprint density at radius 3 is 2.33 bits per heavy atom. The van der Waals surface area contributed by atoms with Crippen molar-refractivity contribution < 1.29 is 18.0 Å². The molecule has 5 heteroatoms. The molecule has 1 aromatic rings. The monoisotopic (exact) mass is 257 g/mol. The molecular weight excluding hydrogens is 243 g/mol. The summed E-state index contributed by atoms with van der Waals surface area (Å²) < 4.78 is 38.4. The highest BCUT2D eigenvalue weighted by Gasteiger charge is 2.34. The Hall–Kier alpha value is -1.52. The van der Waals surface area contributed by atoms with E-state index in [1.54, 1.807) is 6.07 Å². The third-order valence-electron chi connectivity index (χ3n) is 3.19. The van der Waals surface area contributed by atoms with Crippen molar-refractivity contribution in [1.82, 2.24) is 0 Å². The van der Waals surface area contributed by atoms with Crippen LogP contribution in [0.3, 0.4) is 0 Å². The first-order chi connectivity index (χ1) is 8.52. The molecule has 1 heterocycles. The van der Waals surface area contributed by atoms with Crippen LogP contribution in [-0.4, -0.2) is 19.4 Å². The Morgan fingerprint density at radius 1 is 1.11 bits per heavy atom. The van der Waals surface area contributed by atoms with Gasteiger partial charge in [-0.2, -0.15) is 13.2 Å². The summed E-state index contributed by atoms with van der Waals surface area (Å²) in [6.45, 7) is 1.55. The third kappa shape index (κ3) is 2.66. The van der Waals surface area contributed by atoms with Gasteiger partial charge in [-0.25, -0.2) is 0 Å². The minimum absolute atomic E-state index is 0.253. The van der Waals surface area contributed by atoms with E-state index in [-0.39, 0.29) is 11.8 Å². The van der Waals surface area contributed by atoms with Crippen LogP contribution in [-0.2, 0) is 6.18 Å². The van der Waals surface area contributed by atoms with E-state index in [1.165, 1.54) is 6.07 Å². The maximum absolute atomic E-state index is 12.8. The molecule has 1 saturated heterocycles. The minimum atomic E-state index is -4.48. The maximum Gasteiger partial charge on any atom is 0.417 e. The van der Waals surface area contributed by atoms with Crippen LogP contribution in [0.4, 0.5) is 18.9 Å². The Morgan fingerprint density at radius 2 is 1.78 bits per heavy atom. The molecule has 2 rings (SSSR count). The van der Waals surface area contributed by atoms with Gasteiger partial charge in [0.15, 0.2) is 6.29 Å². The van der Waals surface area contributed by atoms with Gasteiger partial charge in [0.05, 0.1) is 5.56 Å². The molecule has 1 aliphatic heterocycles. The number of halogens is 3. The van der Waals surface area contributed by atoms with Gasteiger partial charge in [0.1, 0.15) is 0 Å². The van der Waals surface area contributed by atoms with Crippen molar-refractivity contribution in [2.24, 2.45) is 0 Å². The minimum Gasteiger partial charge on any atom is -0.372 e. The summed E-state index contributed by atoms with van der Waals surface area (Å²) in [4.78, 5) is 12.6. The lowest BCUT2D eigenvalue weighted by Crippen LogP contribution is -2.29. The molecule has 1 aromatic carbocycles. The van der Waals surface area contributed by atoms with Crippen LogP contribution in [0.2, 0.25) is 0 Å². The summed E-state index contributed by atoms with van der Waals surface area (Å²) in [5.41, 5.74) is -0.601. The Kier molecular flexibility index (Phi) is 3.59. The number of hydrogen-bond donors (Lipinski definition) is 0. The zero-order chi connectivity index (χ0) is 13.2. The first kappa shape index (κ1) is 12.9. The van der Waals surface area contributed by atoms with Crippen LogP contribution in [0.1, 0.15) is 35.2 Å². The van der Waals surface area contributed by atoms with Crippen LogP contribution in [0.15, 0.2) is 18.2 Å². The Labute approximate surface area is 103 Å². The SMILES string of the molecule is O=Cc1ccc(N2CCCCC2)cc1C(F)(F)F. The van der Waals surface area contributed by atoms with Crippen molar-refractivity contribution >= 4 is 12.0 Å². The normalized spacial score (nSPS) is 16.7. The molecular formula is C13H14F3NO. The van der Waals surface area contributed by atoms with E-state index in [1.807, 2.05) is 4.90 Å². The number of rotatable bonds is 2. The molecule has 0 amide bonds. The zero-order valence-corrected chi connectivity index (χ0v) is 9.83. The molecule has 0 atom stereocenters. The molecule has 1 fully saturated rings. The lowest BCUT2D eigenvalue weighted by atomic mass is 10.0. The van der Waals surface area contributed by atoms with Gasteiger partial charge in [0, 0.05) is 24.3 Å². The van der Waals surface area contributed by atoms with E-state index in [0.29, 0.717) is 5.69 Å². The first-order valence-electron chi connectivity index (χ1n) is 5.94. The molecule has 0 radical (unpaired) electrons. The van der Waals surface area contributed by atoms with Crippen molar-refractivity contribution in [3.05, 3.63) is 29.3 Å². The summed E-state index contributed by atoms with van der Waals surface area (Å²) in [7, 11) is 0. The van der Waals surface area contributed by atoms with Gasteiger partial charge in [-0.3, -0.25) is 4.79 Å². The molecule has 0 aromatic heterocycles. The predicted molar refractivity (Wildman–Crippen MR) is 62.9 cm³/mol. The van der Waals surface area contributed by atoms with Gasteiger partial charge in [0.2, 0.25) is 0 Å². The highest BCUT2D eigenvalue weighted by Crippen LogP contribution is 2.34. The van der Waals surface area contributed by atoms with E-state index in [9.17, 15) is 18.0 Å². The Balaban J connectivity index is 2.36. The summed E-state index contributed by atoms with van der Waals surface area (Å²) in [6.07, 6.45) is -1.12. The third-order valence-corrected chi connectivity index (χ3v) is 3.19. The number of carbonyl (C=O) groups excluding carboxylic acids is 1. The van der Waals surface area contributed by atoms with Gasteiger partial charge in [-0.05, 0) is 37.5 Å². The molecule has 0 N–H and O–H groups in total. The van der Waals surface area contributed by atoms with Gasteiger partial charge >= 0.3 is 6.18 Å². The summed E-state index contributed by atoms with van der Waals surface area (Å²) in [5.74, 6) is 0. The number of carbonyl (C=O) groups is 1. The fourth-order valence-electron chi connectivity index (χ4n) is 2.24. The lowest BCUT2D eigenvalue weighted by molar-refractivity contribution is -0.137. The summed E-state index contributed by atoms with van der Waals surface area (Å²) in [6, 6.07) is 3.92. The smallest absolute Gasteiger partial charge is 0.372 e. The number of alkyl halides is 3. The number of nitrogens with zero attached hydrogens (tertiary/aromatic N) is 1. The van der Waals surface area contributed by atoms with E-state index < -0.39 is 11.7 Å². The topological polar surface area (TPSA) is 20.3 Å². The van der Waals surface area contributed by atoms with Crippen LogP contribution in [0.5, 0.6) is 0 Å². The predicted octanol–water partition coefficient (Wildman–Crippen LogP) is 3.51. The number of benzene rings is 1. The quantitative estimate of drug-likeness (QED) is 0.756. The summed E-state index contributed by atoms with van der Waals surface area (Å²) in [5, 5.41) is 0. The molecule has 2 nitrogen and oxygen atoms in total. The lowest BCUT2D eigenvalue weighted by Gasteiger charge is -2.29. The van der Waals surface area contributed by atoms with Gasteiger partial charge in [0.25, 0.3) is 0 Å².